The van der Waals surface area contributed by atoms with Crippen molar-refractivity contribution in [2.45, 2.75) is 19.4 Å². The van der Waals surface area contributed by atoms with E-state index in [2.05, 4.69) is 47.0 Å². The number of benzene rings is 1. The van der Waals surface area contributed by atoms with E-state index in [-0.39, 0.29) is 6.04 Å². The third kappa shape index (κ3) is 2.64. The summed E-state index contributed by atoms with van der Waals surface area (Å²) in [7, 11) is 2.01. The average Bonchev–Trinajstić information content (AvgIpc) is 3.18. The van der Waals surface area contributed by atoms with Crippen molar-refractivity contribution in [2.75, 3.05) is 7.05 Å². The van der Waals surface area contributed by atoms with Crippen LogP contribution in [0.25, 0.3) is 5.69 Å². The lowest BCUT2D eigenvalue weighted by atomic mass is 10.1. The molecule has 2 heterocycles. The zero-order valence-electron chi connectivity index (χ0n) is 12.3. The Labute approximate surface area is 129 Å². The Morgan fingerprint density at radius 3 is 2.71 bits per heavy atom. The van der Waals surface area contributed by atoms with E-state index in [1.165, 1.54) is 16.1 Å². The minimum atomic E-state index is 0.169. The zero-order chi connectivity index (χ0) is 14.7. The van der Waals surface area contributed by atoms with Gasteiger partial charge in [-0.3, -0.25) is 0 Å². The molecule has 0 spiro atoms. The summed E-state index contributed by atoms with van der Waals surface area (Å²) in [6.45, 7) is 2.20. The summed E-state index contributed by atoms with van der Waals surface area (Å²) in [6, 6.07) is 14.7. The van der Waals surface area contributed by atoms with Crippen LogP contribution in [0.2, 0.25) is 0 Å². The van der Waals surface area contributed by atoms with E-state index >= 15 is 0 Å². The van der Waals surface area contributed by atoms with Crippen LogP contribution in [-0.2, 0) is 6.42 Å². The minimum Gasteiger partial charge on any atom is -0.307 e. The van der Waals surface area contributed by atoms with Crippen molar-refractivity contribution in [3.63, 3.8) is 0 Å². The number of rotatable bonds is 5. The number of para-hydroxylation sites is 1. The molecule has 0 aliphatic rings. The molecule has 1 N–H and O–H groups in total. The van der Waals surface area contributed by atoms with Gasteiger partial charge in [0.15, 0.2) is 0 Å². The molecule has 0 aliphatic heterocycles. The van der Waals surface area contributed by atoms with Crippen LogP contribution >= 0.6 is 11.3 Å². The number of nitrogens with zero attached hydrogens (tertiary/aromatic N) is 2. The van der Waals surface area contributed by atoms with Gasteiger partial charge in [-0.15, -0.1) is 11.3 Å². The molecule has 0 bridgehead atoms. The normalized spacial score (nSPS) is 12.5. The zero-order valence-corrected chi connectivity index (χ0v) is 13.1. The Balaban J connectivity index is 2.05. The molecule has 21 heavy (non-hydrogen) atoms. The number of hydrogen-bond acceptors (Lipinski definition) is 3. The van der Waals surface area contributed by atoms with Gasteiger partial charge in [0.25, 0.3) is 0 Å². The summed E-state index contributed by atoms with van der Waals surface area (Å²) < 4.78 is 2.01. The van der Waals surface area contributed by atoms with Gasteiger partial charge >= 0.3 is 0 Å². The third-order valence-electron chi connectivity index (χ3n) is 3.68. The molecule has 0 aliphatic carbocycles. The number of aryl methyl sites for hydroxylation is 1. The van der Waals surface area contributed by atoms with E-state index in [0.717, 1.165) is 12.1 Å². The van der Waals surface area contributed by atoms with Gasteiger partial charge in [-0.25, -0.2) is 4.68 Å². The predicted molar refractivity (Wildman–Crippen MR) is 88.2 cm³/mol. The van der Waals surface area contributed by atoms with Crippen molar-refractivity contribution in [1.29, 1.82) is 0 Å². The smallest absolute Gasteiger partial charge is 0.0846 e. The van der Waals surface area contributed by atoms with Crippen LogP contribution in [0.15, 0.2) is 54.0 Å². The third-order valence-corrected chi connectivity index (χ3v) is 4.71. The Bertz CT molecular complexity index is 700. The fourth-order valence-electron chi connectivity index (χ4n) is 2.62. The summed E-state index contributed by atoms with van der Waals surface area (Å²) in [5, 5.41) is 10.1. The van der Waals surface area contributed by atoms with E-state index in [1.54, 1.807) is 11.3 Å². The maximum atomic E-state index is 4.50. The number of aromatic nitrogens is 2. The molecule has 108 valence electrons. The molecule has 1 unspecified atom stereocenters. The van der Waals surface area contributed by atoms with E-state index < -0.39 is 0 Å². The van der Waals surface area contributed by atoms with Gasteiger partial charge in [-0.05, 0) is 48.7 Å². The molecular weight excluding hydrogens is 278 g/mol. The van der Waals surface area contributed by atoms with Gasteiger partial charge in [0.1, 0.15) is 0 Å². The van der Waals surface area contributed by atoms with Crippen molar-refractivity contribution >= 4 is 11.3 Å². The maximum absolute atomic E-state index is 4.50. The molecule has 0 saturated carbocycles. The van der Waals surface area contributed by atoms with Gasteiger partial charge in [0.05, 0.1) is 17.4 Å². The van der Waals surface area contributed by atoms with E-state index in [9.17, 15) is 0 Å². The second kappa shape index (κ2) is 6.24. The first-order valence-corrected chi connectivity index (χ1v) is 8.06. The highest BCUT2D eigenvalue weighted by Gasteiger charge is 2.20. The first kappa shape index (κ1) is 14.0. The van der Waals surface area contributed by atoms with Gasteiger partial charge < -0.3 is 5.32 Å². The average molecular weight is 297 g/mol. The van der Waals surface area contributed by atoms with Gasteiger partial charge in [0.2, 0.25) is 0 Å². The molecule has 2 aromatic heterocycles. The predicted octanol–water partition coefficient (Wildman–Crippen LogP) is 3.81. The van der Waals surface area contributed by atoms with Crippen LogP contribution < -0.4 is 5.32 Å². The summed E-state index contributed by atoms with van der Waals surface area (Å²) in [5.41, 5.74) is 3.66. The van der Waals surface area contributed by atoms with Crippen molar-refractivity contribution in [1.82, 2.24) is 15.1 Å². The molecule has 4 heteroatoms. The number of thiophene rings is 1. The number of nitrogens with one attached hydrogen (secondary N) is 1. The molecule has 0 amide bonds. The van der Waals surface area contributed by atoms with E-state index in [1.807, 2.05) is 36.1 Å². The number of hydrogen-bond donors (Lipinski definition) is 1. The molecule has 3 aromatic rings. The van der Waals surface area contributed by atoms with E-state index in [0.29, 0.717) is 0 Å². The Kier molecular flexibility index (Phi) is 4.18. The lowest BCUT2D eigenvalue weighted by Crippen LogP contribution is -2.21. The second-order valence-electron chi connectivity index (χ2n) is 4.89. The highest BCUT2D eigenvalue weighted by atomic mass is 32.1. The summed E-state index contributed by atoms with van der Waals surface area (Å²) in [6.07, 6.45) is 2.92. The van der Waals surface area contributed by atoms with Gasteiger partial charge in [-0.2, -0.15) is 5.10 Å². The van der Waals surface area contributed by atoms with Crippen LogP contribution in [0, 0.1) is 0 Å². The topological polar surface area (TPSA) is 29.9 Å². The standard InChI is InChI=1S/C17H19N3S/c1-3-13-10-12-21-17(13)16(18-2)15-9-11-19-20(15)14-7-5-4-6-8-14/h4-12,16,18H,3H2,1-2H3. The molecule has 1 aromatic carbocycles. The fraction of sp³-hybridized carbons (Fsp3) is 0.235. The van der Waals surface area contributed by atoms with Crippen LogP contribution in [-0.4, -0.2) is 16.8 Å². The first-order valence-electron chi connectivity index (χ1n) is 7.18. The van der Waals surface area contributed by atoms with Crippen LogP contribution in [0.5, 0.6) is 0 Å². The quantitative estimate of drug-likeness (QED) is 0.776. The van der Waals surface area contributed by atoms with Crippen LogP contribution in [0.3, 0.4) is 0 Å². The Morgan fingerprint density at radius 1 is 1.19 bits per heavy atom. The molecule has 0 saturated heterocycles. The molecular formula is C17H19N3S. The highest BCUT2D eigenvalue weighted by Crippen LogP contribution is 2.30. The van der Waals surface area contributed by atoms with Crippen molar-refractivity contribution in [3.05, 3.63) is 70.2 Å². The van der Waals surface area contributed by atoms with Gasteiger partial charge in [-0.1, -0.05) is 25.1 Å². The van der Waals surface area contributed by atoms with Crippen molar-refractivity contribution in [3.8, 4) is 5.69 Å². The van der Waals surface area contributed by atoms with Crippen molar-refractivity contribution in [2.24, 2.45) is 0 Å². The highest BCUT2D eigenvalue weighted by molar-refractivity contribution is 7.10. The lowest BCUT2D eigenvalue weighted by molar-refractivity contribution is 0.642. The fourth-order valence-corrected chi connectivity index (χ4v) is 3.74. The van der Waals surface area contributed by atoms with Crippen LogP contribution in [0.1, 0.15) is 29.1 Å². The first-order chi connectivity index (χ1) is 10.3. The molecule has 1 atom stereocenters. The molecule has 3 nitrogen and oxygen atoms in total. The van der Waals surface area contributed by atoms with E-state index in [4.69, 9.17) is 0 Å². The summed E-state index contributed by atoms with van der Waals surface area (Å²) >= 11 is 1.81. The largest absolute Gasteiger partial charge is 0.307 e. The maximum Gasteiger partial charge on any atom is 0.0846 e. The lowest BCUT2D eigenvalue weighted by Gasteiger charge is -2.18. The Hall–Kier alpha value is -1.91. The monoisotopic (exact) mass is 297 g/mol. The molecule has 0 radical (unpaired) electrons. The Morgan fingerprint density at radius 2 is 2.00 bits per heavy atom. The molecule has 0 fully saturated rings. The minimum absolute atomic E-state index is 0.169. The summed E-state index contributed by atoms with van der Waals surface area (Å²) in [5.74, 6) is 0. The molecule has 3 rings (SSSR count). The van der Waals surface area contributed by atoms with Gasteiger partial charge in [0, 0.05) is 11.1 Å². The SMILES string of the molecule is CCc1ccsc1C(NC)c1ccnn1-c1ccccc1. The van der Waals surface area contributed by atoms with Crippen LogP contribution in [0.4, 0.5) is 0 Å². The second-order valence-corrected chi connectivity index (χ2v) is 5.84. The summed E-state index contributed by atoms with van der Waals surface area (Å²) in [4.78, 5) is 1.37. The van der Waals surface area contributed by atoms with Crippen molar-refractivity contribution < 1.29 is 0 Å².